The summed E-state index contributed by atoms with van der Waals surface area (Å²) in [6.45, 7) is 1.97. The van der Waals surface area contributed by atoms with Crippen molar-refractivity contribution in [2.24, 2.45) is 5.73 Å². The van der Waals surface area contributed by atoms with Crippen LogP contribution in [0, 0.1) is 6.92 Å². The lowest BCUT2D eigenvalue weighted by Crippen LogP contribution is -2.14. The Labute approximate surface area is 99.4 Å². The summed E-state index contributed by atoms with van der Waals surface area (Å²) in [7, 11) is 0. The molecule has 1 unspecified atom stereocenters. The zero-order chi connectivity index (χ0) is 11.4. The minimum Gasteiger partial charge on any atom is -0.321 e. The van der Waals surface area contributed by atoms with E-state index in [1.54, 1.807) is 11.3 Å². The van der Waals surface area contributed by atoms with Crippen LogP contribution < -0.4 is 5.73 Å². The number of rotatable bonds is 4. The maximum Gasteiger partial charge on any atom is 0.144 e. The molecule has 0 aromatic carbocycles. The maximum absolute atomic E-state index is 6.04. The molecule has 1 atom stereocenters. The molecule has 0 spiro atoms. The fraction of sp³-hybridized carbons (Fsp3) is 0.333. The van der Waals surface area contributed by atoms with Crippen LogP contribution in [0.4, 0.5) is 0 Å². The Morgan fingerprint density at radius 2 is 2.12 bits per heavy atom. The smallest absolute Gasteiger partial charge is 0.144 e. The van der Waals surface area contributed by atoms with Crippen molar-refractivity contribution in [3.63, 3.8) is 0 Å². The summed E-state index contributed by atoms with van der Waals surface area (Å²) in [6.07, 6.45) is 5.51. The first-order valence-electron chi connectivity index (χ1n) is 5.32. The van der Waals surface area contributed by atoms with E-state index in [9.17, 15) is 0 Å². The molecule has 0 bridgehead atoms. The minimum absolute atomic E-state index is 0.0669. The number of aromatic nitrogens is 2. The van der Waals surface area contributed by atoms with E-state index in [2.05, 4.69) is 27.5 Å². The molecule has 0 radical (unpaired) electrons. The molecular weight excluding hydrogens is 218 g/mol. The molecule has 0 fully saturated rings. The second-order valence-corrected chi connectivity index (χ2v) is 4.88. The van der Waals surface area contributed by atoms with E-state index >= 15 is 0 Å². The van der Waals surface area contributed by atoms with Crippen LogP contribution in [0.25, 0.3) is 0 Å². The highest BCUT2D eigenvalue weighted by Crippen LogP contribution is 2.16. The van der Waals surface area contributed by atoms with E-state index in [4.69, 9.17) is 5.73 Å². The number of hydrogen-bond donors (Lipinski definition) is 1. The van der Waals surface area contributed by atoms with Crippen molar-refractivity contribution in [3.05, 3.63) is 46.2 Å². The monoisotopic (exact) mass is 233 g/mol. The van der Waals surface area contributed by atoms with Gasteiger partial charge in [0.15, 0.2) is 0 Å². The summed E-state index contributed by atoms with van der Waals surface area (Å²) in [5.74, 6) is 0.738. The Morgan fingerprint density at radius 1 is 1.38 bits per heavy atom. The van der Waals surface area contributed by atoms with Gasteiger partial charge in [-0.25, -0.2) is 9.97 Å². The van der Waals surface area contributed by atoms with E-state index in [1.165, 1.54) is 4.88 Å². The Hall–Kier alpha value is -1.26. The van der Waals surface area contributed by atoms with E-state index in [1.807, 2.05) is 19.3 Å². The number of aryl methyl sites for hydroxylation is 2. The van der Waals surface area contributed by atoms with Gasteiger partial charge in [0.25, 0.3) is 0 Å². The van der Waals surface area contributed by atoms with Crippen LogP contribution >= 0.6 is 11.3 Å². The molecule has 2 aromatic heterocycles. The molecule has 0 saturated carbocycles. The lowest BCUT2D eigenvalue weighted by molar-refractivity contribution is 0.614. The van der Waals surface area contributed by atoms with Gasteiger partial charge in [-0.1, -0.05) is 6.07 Å². The lowest BCUT2D eigenvalue weighted by atomic mass is 10.1. The largest absolute Gasteiger partial charge is 0.321 e. The van der Waals surface area contributed by atoms with Gasteiger partial charge in [-0.2, -0.15) is 0 Å². The van der Waals surface area contributed by atoms with Crippen LogP contribution in [0.2, 0.25) is 0 Å². The third-order valence-corrected chi connectivity index (χ3v) is 3.35. The standard InChI is InChI=1S/C12H15N3S/c1-9-7-14-12(15-8-9)11(13)5-4-10-3-2-6-16-10/h2-3,6-8,11H,4-5,13H2,1H3. The first kappa shape index (κ1) is 11.2. The van der Waals surface area contributed by atoms with Crippen LogP contribution in [0.3, 0.4) is 0 Å². The molecule has 0 aliphatic carbocycles. The molecule has 0 saturated heterocycles. The van der Waals surface area contributed by atoms with Crippen LogP contribution in [-0.2, 0) is 6.42 Å². The Kier molecular flexibility index (Phi) is 3.64. The minimum atomic E-state index is -0.0669. The van der Waals surface area contributed by atoms with Crippen LogP contribution in [0.15, 0.2) is 29.9 Å². The zero-order valence-electron chi connectivity index (χ0n) is 9.26. The average Bonchev–Trinajstić information content (AvgIpc) is 2.80. The lowest BCUT2D eigenvalue weighted by Gasteiger charge is -2.08. The van der Waals surface area contributed by atoms with Gasteiger partial charge < -0.3 is 5.73 Å². The van der Waals surface area contributed by atoms with Crippen molar-refractivity contribution in [2.75, 3.05) is 0 Å². The van der Waals surface area contributed by atoms with Crippen molar-refractivity contribution in [1.29, 1.82) is 0 Å². The molecule has 0 aliphatic heterocycles. The number of hydrogen-bond acceptors (Lipinski definition) is 4. The highest BCUT2D eigenvalue weighted by molar-refractivity contribution is 7.09. The summed E-state index contributed by atoms with van der Waals surface area (Å²) in [5, 5.41) is 2.09. The average molecular weight is 233 g/mol. The topological polar surface area (TPSA) is 51.8 Å². The summed E-state index contributed by atoms with van der Waals surface area (Å²) in [6, 6.07) is 4.13. The van der Waals surface area contributed by atoms with Gasteiger partial charge >= 0.3 is 0 Å². The molecule has 0 aliphatic rings. The zero-order valence-corrected chi connectivity index (χ0v) is 10.1. The van der Waals surface area contributed by atoms with Crippen LogP contribution in [-0.4, -0.2) is 9.97 Å². The highest BCUT2D eigenvalue weighted by Gasteiger charge is 2.09. The van der Waals surface area contributed by atoms with Crippen LogP contribution in [0.5, 0.6) is 0 Å². The van der Waals surface area contributed by atoms with Gasteiger partial charge in [0.05, 0.1) is 6.04 Å². The molecule has 4 heteroatoms. The summed E-state index contributed by atoms with van der Waals surface area (Å²) in [4.78, 5) is 9.85. The Bertz CT molecular complexity index is 422. The van der Waals surface area contributed by atoms with E-state index in [-0.39, 0.29) is 6.04 Å². The van der Waals surface area contributed by atoms with Gasteiger partial charge in [0.2, 0.25) is 0 Å². The summed E-state index contributed by atoms with van der Waals surface area (Å²) in [5.41, 5.74) is 7.11. The van der Waals surface area contributed by atoms with E-state index < -0.39 is 0 Å². The fourth-order valence-electron chi connectivity index (χ4n) is 1.48. The molecule has 3 nitrogen and oxygen atoms in total. The first-order valence-corrected chi connectivity index (χ1v) is 6.20. The SMILES string of the molecule is Cc1cnc(C(N)CCc2cccs2)nc1. The van der Waals surface area contributed by atoms with Crippen LogP contribution in [0.1, 0.15) is 28.7 Å². The van der Waals surface area contributed by atoms with E-state index in [0.29, 0.717) is 0 Å². The van der Waals surface area contributed by atoms with Crippen molar-refractivity contribution in [1.82, 2.24) is 9.97 Å². The number of thiophene rings is 1. The van der Waals surface area contributed by atoms with Gasteiger partial charge in [-0.3, -0.25) is 0 Å². The molecule has 0 amide bonds. The fourth-order valence-corrected chi connectivity index (χ4v) is 2.20. The molecule has 2 rings (SSSR count). The first-order chi connectivity index (χ1) is 7.75. The Morgan fingerprint density at radius 3 is 2.75 bits per heavy atom. The number of nitrogens with zero attached hydrogens (tertiary/aromatic N) is 2. The molecule has 84 valence electrons. The summed E-state index contributed by atoms with van der Waals surface area (Å²) < 4.78 is 0. The predicted octanol–water partition coefficient (Wildman–Crippen LogP) is 2.48. The number of nitrogens with two attached hydrogens (primary N) is 1. The van der Waals surface area contributed by atoms with Gasteiger partial charge in [-0.05, 0) is 36.8 Å². The van der Waals surface area contributed by atoms with Gasteiger partial charge in [-0.15, -0.1) is 11.3 Å². The molecule has 2 N–H and O–H groups in total. The molecular formula is C12H15N3S. The normalized spacial score (nSPS) is 12.6. The summed E-state index contributed by atoms with van der Waals surface area (Å²) >= 11 is 1.77. The predicted molar refractivity (Wildman–Crippen MR) is 66.3 cm³/mol. The second-order valence-electron chi connectivity index (χ2n) is 3.84. The van der Waals surface area contributed by atoms with Crippen molar-refractivity contribution in [3.8, 4) is 0 Å². The third-order valence-electron chi connectivity index (χ3n) is 2.41. The molecule has 16 heavy (non-hydrogen) atoms. The van der Waals surface area contributed by atoms with Gasteiger partial charge in [0.1, 0.15) is 5.82 Å². The third kappa shape index (κ3) is 2.87. The molecule has 2 aromatic rings. The van der Waals surface area contributed by atoms with Gasteiger partial charge in [0, 0.05) is 17.3 Å². The van der Waals surface area contributed by atoms with E-state index in [0.717, 1.165) is 24.2 Å². The Balaban J connectivity index is 1.93. The second kappa shape index (κ2) is 5.18. The van der Waals surface area contributed by atoms with Crippen molar-refractivity contribution in [2.45, 2.75) is 25.8 Å². The highest BCUT2D eigenvalue weighted by atomic mass is 32.1. The van der Waals surface area contributed by atoms with Crippen molar-refractivity contribution < 1.29 is 0 Å². The van der Waals surface area contributed by atoms with Crippen molar-refractivity contribution >= 4 is 11.3 Å². The molecule has 2 heterocycles. The maximum atomic E-state index is 6.04. The quantitative estimate of drug-likeness (QED) is 0.882.